The second-order valence-electron chi connectivity index (χ2n) is 7.21. The van der Waals surface area contributed by atoms with Gasteiger partial charge in [0, 0.05) is 28.8 Å². The summed E-state index contributed by atoms with van der Waals surface area (Å²) in [6.45, 7) is 0. The highest BCUT2D eigenvalue weighted by molar-refractivity contribution is 5.83. The van der Waals surface area contributed by atoms with Crippen LogP contribution in [-0.2, 0) is 4.74 Å². The van der Waals surface area contributed by atoms with E-state index in [0.29, 0.717) is 23.0 Å². The Hall–Kier alpha value is -3.80. The summed E-state index contributed by atoms with van der Waals surface area (Å²) in [7, 11) is 8.18. The average molecular weight is 434 g/mol. The van der Waals surface area contributed by atoms with Gasteiger partial charge in [0.05, 0.1) is 35.5 Å². The van der Waals surface area contributed by atoms with E-state index >= 15 is 0 Å². The molecule has 0 saturated carbocycles. The van der Waals surface area contributed by atoms with Crippen molar-refractivity contribution in [2.75, 3.05) is 35.5 Å². The largest absolute Gasteiger partial charge is 0.497 e. The number of fused-ring (bicyclic) bond motifs is 1. The smallest absolute Gasteiger partial charge is 0.153 e. The van der Waals surface area contributed by atoms with E-state index in [4.69, 9.17) is 28.4 Å². The summed E-state index contributed by atoms with van der Waals surface area (Å²) in [5, 5.41) is 0. The highest BCUT2D eigenvalue weighted by Gasteiger charge is 2.30. The standard InChI is InChI=1S/C26H26O6/c1-27-19-8-6-16(7-9-19)23-13-17-10-22(30-4)15-24(31-5)25(17)26(32-23)18-11-20(28-2)14-21(12-18)29-3/h6-15,26H,1-5H3/t26-/m1/s1. The van der Waals surface area contributed by atoms with Crippen LogP contribution in [0, 0.1) is 0 Å². The lowest BCUT2D eigenvalue weighted by Gasteiger charge is -2.30. The number of hydrogen-bond acceptors (Lipinski definition) is 6. The van der Waals surface area contributed by atoms with Crippen LogP contribution >= 0.6 is 0 Å². The van der Waals surface area contributed by atoms with Crippen molar-refractivity contribution in [3.63, 3.8) is 0 Å². The third-order valence-electron chi connectivity index (χ3n) is 5.45. The molecule has 1 aliphatic rings. The fourth-order valence-corrected chi connectivity index (χ4v) is 3.79. The summed E-state index contributed by atoms with van der Waals surface area (Å²) in [5.74, 6) is 4.24. The van der Waals surface area contributed by atoms with Crippen LogP contribution in [0.25, 0.3) is 11.8 Å². The highest BCUT2D eigenvalue weighted by Crippen LogP contribution is 2.46. The third kappa shape index (κ3) is 4.04. The van der Waals surface area contributed by atoms with Gasteiger partial charge in [-0.25, -0.2) is 0 Å². The van der Waals surface area contributed by atoms with Gasteiger partial charge in [-0.1, -0.05) is 0 Å². The van der Waals surface area contributed by atoms with Crippen molar-refractivity contribution < 1.29 is 28.4 Å². The normalized spacial score (nSPS) is 14.5. The second-order valence-corrected chi connectivity index (χ2v) is 7.21. The van der Waals surface area contributed by atoms with Crippen LogP contribution < -0.4 is 23.7 Å². The number of hydrogen-bond donors (Lipinski definition) is 0. The van der Waals surface area contributed by atoms with Crippen molar-refractivity contribution in [3.8, 4) is 28.7 Å². The van der Waals surface area contributed by atoms with Gasteiger partial charge in [-0.15, -0.1) is 0 Å². The van der Waals surface area contributed by atoms with Gasteiger partial charge in [0.2, 0.25) is 0 Å². The lowest BCUT2D eigenvalue weighted by Crippen LogP contribution is -2.14. The van der Waals surface area contributed by atoms with Crippen LogP contribution in [0.15, 0.2) is 54.6 Å². The topological polar surface area (TPSA) is 55.4 Å². The molecule has 0 fully saturated rings. The molecule has 0 bridgehead atoms. The molecule has 0 radical (unpaired) electrons. The van der Waals surface area contributed by atoms with E-state index in [0.717, 1.165) is 33.8 Å². The third-order valence-corrected chi connectivity index (χ3v) is 5.45. The van der Waals surface area contributed by atoms with Gasteiger partial charge in [0.15, 0.2) is 6.10 Å². The molecule has 166 valence electrons. The highest BCUT2D eigenvalue weighted by atomic mass is 16.5. The van der Waals surface area contributed by atoms with Crippen molar-refractivity contribution in [3.05, 3.63) is 76.9 Å². The summed E-state index contributed by atoms with van der Waals surface area (Å²) in [6, 6.07) is 17.3. The average Bonchev–Trinajstić information content (AvgIpc) is 2.86. The lowest BCUT2D eigenvalue weighted by molar-refractivity contribution is 0.199. The Labute approximate surface area is 187 Å². The first-order valence-corrected chi connectivity index (χ1v) is 10.1. The lowest BCUT2D eigenvalue weighted by atomic mass is 9.91. The molecule has 0 unspecified atom stereocenters. The fourth-order valence-electron chi connectivity index (χ4n) is 3.79. The molecule has 1 aliphatic heterocycles. The molecule has 1 atom stereocenters. The predicted molar refractivity (Wildman–Crippen MR) is 123 cm³/mol. The number of rotatable bonds is 7. The Balaban J connectivity index is 1.90. The van der Waals surface area contributed by atoms with Gasteiger partial charge in [-0.2, -0.15) is 0 Å². The van der Waals surface area contributed by atoms with E-state index in [1.807, 2.05) is 60.7 Å². The van der Waals surface area contributed by atoms with Crippen LogP contribution in [0.2, 0.25) is 0 Å². The van der Waals surface area contributed by atoms with Crippen molar-refractivity contribution in [2.24, 2.45) is 0 Å². The van der Waals surface area contributed by atoms with Crippen molar-refractivity contribution in [1.29, 1.82) is 0 Å². The SMILES string of the molecule is COc1ccc(C2=Cc3cc(OC)cc(OC)c3[C@@H](c3cc(OC)cc(OC)c3)O2)cc1. The maximum Gasteiger partial charge on any atom is 0.153 e. The van der Waals surface area contributed by atoms with E-state index in [2.05, 4.69) is 0 Å². The minimum atomic E-state index is -0.447. The first kappa shape index (κ1) is 21.4. The summed E-state index contributed by atoms with van der Waals surface area (Å²) < 4.78 is 34.1. The van der Waals surface area contributed by atoms with E-state index in [-0.39, 0.29) is 0 Å². The zero-order valence-corrected chi connectivity index (χ0v) is 18.8. The Morgan fingerprint density at radius 1 is 0.625 bits per heavy atom. The van der Waals surface area contributed by atoms with E-state index in [1.54, 1.807) is 35.5 Å². The molecule has 0 N–H and O–H groups in total. The quantitative estimate of drug-likeness (QED) is 0.500. The zero-order valence-electron chi connectivity index (χ0n) is 18.8. The molecule has 6 heteroatoms. The van der Waals surface area contributed by atoms with Crippen LogP contribution in [-0.4, -0.2) is 35.5 Å². The molecule has 3 aromatic rings. The number of methoxy groups -OCH3 is 5. The molecule has 4 rings (SSSR count). The Bertz CT molecular complexity index is 1110. The monoisotopic (exact) mass is 434 g/mol. The van der Waals surface area contributed by atoms with Crippen LogP contribution in [0.4, 0.5) is 0 Å². The van der Waals surface area contributed by atoms with Crippen LogP contribution in [0.5, 0.6) is 28.7 Å². The second kappa shape index (κ2) is 9.14. The molecule has 3 aromatic carbocycles. The van der Waals surface area contributed by atoms with E-state index < -0.39 is 6.10 Å². The Kier molecular flexibility index (Phi) is 6.12. The molecule has 0 amide bonds. The van der Waals surface area contributed by atoms with Crippen LogP contribution in [0.3, 0.4) is 0 Å². The molecule has 0 spiro atoms. The molecule has 0 aliphatic carbocycles. The Morgan fingerprint density at radius 3 is 1.78 bits per heavy atom. The van der Waals surface area contributed by atoms with Gasteiger partial charge < -0.3 is 28.4 Å². The molecule has 0 saturated heterocycles. The molecule has 32 heavy (non-hydrogen) atoms. The minimum absolute atomic E-state index is 0.447. The first-order chi connectivity index (χ1) is 15.6. The zero-order chi connectivity index (χ0) is 22.7. The van der Waals surface area contributed by atoms with Gasteiger partial charge in [0.25, 0.3) is 0 Å². The summed E-state index contributed by atoms with van der Waals surface area (Å²) >= 11 is 0. The molecule has 1 heterocycles. The maximum atomic E-state index is 6.56. The van der Waals surface area contributed by atoms with Gasteiger partial charge in [-0.05, 0) is 54.1 Å². The fraction of sp³-hybridized carbons (Fsp3) is 0.231. The minimum Gasteiger partial charge on any atom is -0.497 e. The molecule has 0 aromatic heterocycles. The van der Waals surface area contributed by atoms with Gasteiger partial charge >= 0.3 is 0 Å². The summed E-state index contributed by atoms with van der Waals surface area (Å²) in [6.07, 6.45) is 1.55. The van der Waals surface area contributed by atoms with Crippen molar-refractivity contribution in [2.45, 2.75) is 6.10 Å². The van der Waals surface area contributed by atoms with E-state index in [1.165, 1.54) is 0 Å². The van der Waals surface area contributed by atoms with Crippen molar-refractivity contribution in [1.82, 2.24) is 0 Å². The van der Waals surface area contributed by atoms with Gasteiger partial charge in [0.1, 0.15) is 34.5 Å². The molecular formula is C26H26O6. The molecular weight excluding hydrogens is 408 g/mol. The predicted octanol–water partition coefficient (Wildman–Crippen LogP) is 5.35. The molecule has 6 nitrogen and oxygen atoms in total. The first-order valence-electron chi connectivity index (χ1n) is 10.1. The van der Waals surface area contributed by atoms with E-state index in [9.17, 15) is 0 Å². The number of benzene rings is 3. The maximum absolute atomic E-state index is 6.56. The number of ether oxygens (including phenoxy) is 6. The van der Waals surface area contributed by atoms with Crippen molar-refractivity contribution >= 4 is 11.8 Å². The summed E-state index contributed by atoms with van der Waals surface area (Å²) in [4.78, 5) is 0. The van der Waals surface area contributed by atoms with Gasteiger partial charge in [-0.3, -0.25) is 0 Å². The summed E-state index contributed by atoms with van der Waals surface area (Å²) in [5.41, 5.74) is 3.66. The van der Waals surface area contributed by atoms with Crippen LogP contribution in [0.1, 0.15) is 28.4 Å². The Morgan fingerprint density at radius 2 is 1.22 bits per heavy atom.